The Balaban J connectivity index is 1.57. The van der Waals surface area contributed by atoms with Crippen LogP contribution in [0.4, 0.5) is 0 Å². The molecule has 0 aromatic rings. The lowest BCUT2D eigenvalue weighted by Gasteiger charge is -2.15. The van der Waals surface area contributed by atoms with E-state index in [1.54, 1.807) is 5.57 Å². The Kier molecular flexibility index (Phi) is 3.25. The number of hydrogen-bond donors (Lipinski definition) is 2. The zero-order valence-electron chi connectivity index (χ0n) is 8.31. The highest BCUT2D eigenvalue weighted by molar-refractivity contribution is 5.04. The second kappa shape index (κ2) is 4.66. The van der Waals surface area contributed by atoms with Crippen molar-refractivity contribution in [1.29, 1.82) is 0 Å². The summed E-state index contributed by atoms with van der Waals surface area (Å²) in [5, 5.41) is 6.80. The van der Waals surface area contributed by atoms with Crippen LogP contribution in [0.25, 0.3) is 0 Å². The molecule has 2 rings (SSSR count). The van der Waals surface area contributed by atoms with Gasteiger partial charge in [-0.2, -0.15) is 0 Å². The second-order valence-corrected chi connectivity index (χ2v) is 4.24. The molecule has 74 valence electrons. The number of nitrogens with one attached hydrogen (secondary N) is 2. The van der Waals surface area contributed by atoms with Gasteiger partial charge in [-0.3, -0.25) is 0 Å². The summed E-state index contributed by atoms with van der Waals surface area (Å²) >= 11 is 0. The predicted octanol–water partition coefficient (Wildman–Crippen LogP) is 1.64. The van der Waals surface area contributed by atoms with Gasteiger partial charge in [0.25, 0.3) is 0 Å². The van der Waals surface area contributed by atoms with E-state index in [1.807, 2.05) is 0 Å². The Morgan fingerprint density at radius 3 is 2.77 bits per heavy atom. The van der Waals surface area contributed by atoms with Crippen LogP contribution >= 0.6 is 0 Å². The lowest BCUT2D eigenvalue weighted by molar-refractivity contribution is 0.600. The van der Waals surface area contributed by atoms with Crippen molar-refractivity contribution in [3.63, 3.8) is 0 Å². The lowest BCUT2D eigenvalue weighted by atomic mass is 10.1. The highest BCUT2D eigenvalue weighted by Crippen LogP contribution is 2.31. The minimum atomic E-state index is 1.05. The summed E-state index contributed by atoms with van der Waals surface area (Å²) in [4.78, 5) is 0. The van der Waals surface area contributed by atoms with E-state index in [2.05, 4.69) is 16.8 Å². The normalized spacial score (nSPS) is 22.9. The van der Waals surface area contributed by atoms with Crippen molar-refractivity contribution in [2.45, 2.75) is 32.1 Å². The molecule has 2 nitrogen and oxygen atoms in total. The molecule has 1 aliphatic carbocycles. The Morgan fingerprint density at radius 1 is 1.31 bits per heavy atom. The molecule has 1 aliphatic heterocycles. The number of piperidine rings is 1. The van der Waals surface area contributed by atoms with Gasteiger partial charge >= 0.3 is 0 Å². The minimum absolute atomic E-state index is 1.05. The largest absolute Gasteiger partial charge is 0.391 e. The first kappa shape index (κ1) is 9.07. The van der Waals surface area contributed by atoms with Crippen LogP contribution in [0.1, 0.15) is 32.1 Å². The van der Waals surface area contributed by atoms with Gasteiger partial charge in [0.15, 0.2) is 0 Å². The van der Waals surface area contributed by atoms with Crippen LogP contribution in [-0.2, 0) is 0 Å². The van der Waals surface area contributed by atoms with Gasteiger partial charge in [0.05, 0.1) is 0 Å². The molecule has 0 aromatic heterocycles. The van der Waals surface area contributed by atoms with Gasteiger partial charge in [0.1, 0.15) is 0 Å². The van der Waals surface area contributed by atoms with E-state index in [0.717, 1.165) is 19.0 Å². The van der Waals surface area contributed by atoms with Crippen LogP contribution in [0.5, 0.6) is 0 Å². The Bertz CT molecular complexity index is 175. The minimum Gasteiger partial charge on any atom is -0.391 e. The molecule has 1 saturated heterocycles. The van der Waals surface area contributed by atoms with Gasteiger partial charge in [-0.1, -0.05) is 18.4 Å². The standard InChI is InChI=1S/C11H20N2/c1-2-10(1)3-8-13-9-11-4-6-12-7-5-11/h9-10,12-13H,1-8H2. The smallest absolute Gasteiger partial charge is 0.0144 e. The lowest BCUT2D eigenvalue weighted by Crippen LogP contribution is -2.24. The molecule has 0 spiro atoms. The van der Waals surface area contributed by atoms with Crippen LogP contribution in [0.2, 0.25) is 0 Å². The van der Waals surface area contributed by atoms with Crippen molar-refractivity contribution >= 4 is 0 Å². The molecule has 2 fully saturated rings. The molecule has 0 atom stereocenters. The maximum absolute atomic E-state index is 3.44. The molecule has 0 aromatic carbocycles. The number of rotatable bonds is 4. The van der Waals surface area contributed by atoms with Crippen molar-refractivity contribution in [1.82, 2.24) is 10.6 Å². The molecule has 0 amide bonds. The van der Waals surface area contributed by atoms with E-state index in [4.69, 9.17) is 0 Å². The van der Waals surface area contributed by atoms with Crippen molar-refractivity contribution in [2.75, 3.05) is 19.6 Å². The van der Waals surface area contributed by atoms with Gasteiger partial charge in [-0.05, 0) is 44.5 Å². The molecule has 13 heavy (non-hydrogen) atoms. The van der Waals surface area contributed by atoms with E-state index in [1.165, 1.54) is 38.6 Å². The van der Waals surface area contributed by atoms with Gasteiger partial charge in [-0.25, -0.2) is 0 Å². The average molecular weight is 180 g/mol. The molecule has 2 heteroatoms. The maximum atomic E-state index is 3.44. The summed E-state index contributed by atoms with van der Waals surface area (Å²) in [7, 11) is 0. The molecule has 0 bridgehead atoms. The van der Waals surface area contributed by atoms with Crippen LogP contribution in [0.3, 0.4) is 0 Å². The first-order chi connectivity index (χ1) is 6.45. The molecular weight excluding hydrogens is 160 g/mol. The predicted molar refractivity (Wildman–Crippen MR) is 55.5 cm³/mol. The van der Waals surface area contributed by atoms with Crippen LogP contribution in [0, 0.1) is 5.92 Å². The van der Waals surface area contributed by atoms with Gasteiger partial charge in [-0.15, -0.1) is 0 Å². The van der Waals surface area contributed by atoms with Crippen LogP contribution in [0.15, 0.2) is 11.8 Å². The third-order valence-corrected chi connectivity index (χ3v) is 2.95. The van der Waals surface area contributed by atoms with E-state index in [-0.39, 0.29) is 0 Å². The second-order valence-electron chi connectivity index (χ2n) is 4.24. The van der Waals surface area contributed by atoms with Crippen molar-refractivity contribution in [3.05, 3.63) is 11.8 Å². The first-order valence-corrected chi connectivity index (χ1v) is 5.57. The van der Waals surface area contributed by atoms with Crippen molar-refractivity contribution in [2.24, 2.45) is 5.92 Å². The molecule has 0 unspecified atom stereocenters. The van der Waals surface area contributed by atoms with Gasteiger partial charge in [0.2, 0.25) is 0 Å². The Labute approximate surface area is 80.8 Å². The van der Waals surface area contributed by atoms with Crippen LogP contribution < -0.4 is 10.6 Å². The summed E-state index contributed by atoms with van der Waals surface area (Å²) in [6, 6.07) is 0. The molecule has 2 N–H and O–H groups in total. The summed E-state index contributed by atoms with van der Waals surface area (Å²) in [5.74, 6) is 1.05. The van der Waals surface area contributed by atoms with Crippen LogP contribution in [-0.4, -0.2) is 19.6 Å². The third-order valence-electron chi connectivity index (χ3n) is 2.95. The van der Waals surface area contributed by atoms with E-state index < -0.39 is 0 Å². The SMILES string of the molecule is C(NCCC1CC1)=C1CCNCC1. The summed E-state index contributed by atoms with van der Waals surface area (Å²) in [6.07, 6.45) is 9.04. The summed E-state index contributed by atoms with van der Waals surface area (Å²) < 4.78 is 0. The fourth-order valence-electron chi connectivity index (χ4n) is 1.80. The van der Waals surface area contributed by atoms with Gasteiger partial charge in [0, 0.05) is 6.54 Å². The number of hydrogen-bond acceptors (Lipinski definition) is 2. The molecular formula is C11H20N2. The molecule has 1 heterocycles. The quantitative estimate of drug-likeness (QED) is 0.643. The zero-order valence-corrected chi connectivity index (χ0v) is 8.31. The van der Waals surface area contributed by atoms with E-state index >= 15 is 0 Å². The fraction of sp³-hybridized carbons (Fsp3) is 0.818. The zero-order chi connectivity index (χ0) is 8.93. The van der Waals surface area contributed by atoms with E-state index in [9.17, 15) is 0 Å². The first-order valence-electron chi connectivity index (χ1n) is 5.57. The highest BCUT2D eigenvalue weighted by Gasteiger charge is 2.19. The monoisotopic (exact) mass is 180 g/mol. The fourth-order valence-corrected chi connectivity index (χ4v) is 1.80. The molecule has 1 saturated carbocycles. The van der Waals surface area contributed by atoms with E-state index in [0.29, 0.717) is 0 Å². The summed E-state index contributed by atoms with van der Waals surface area (Å²) in [6.45, 7) is 3.51. The Hall–Kier alpha value is -0.500. The highest BCUT2D eigenvalue weighted by atomic mass is 14.9. The van der Waals surface area contributed by atoms with Crippen molar-refractivity contribution < 1.29 is 0 Å². The van der Waals surface area contributed by atoms with Crippen molar-refractivity contribution in [3.8, 4) is 0 Å². The molecule has 0 radical (unpaired) electrons. The maximum Gasteiger partial charge on any atom is 0.0144 e. The third kappa shape index (κ3) is 3.39. The van der Waals surface area contributed by atoms with Gasteiger partial charge < -0.3 is 10.6 Å². The topological polar surface area (TPSA) is 24.1 Å². The molecule has 2 aliphatic rings. The Morgan fingerprint density at radius 2 is 2.08 bits per heavy atom. The summed E-state index contributed by atoms with van der Waals surface area (Å²) in [5.41, 5.74) is 1.59. The average Bonchev–Trinajstić information content (AvgIpc) is 2.98.